The van der Waals surface area contributed by atoms with Crippen LogP contribution in [0.5, 0.6) is 0 Å². The van der Waals surface area contributed by atoms with Gasteiger partial charge in [0.15, 0.2) is 0 Å². The molecule has 0 saturated carbocycles. The van der Waals surface area contributed by atoms with Gasteiger partial charge in [0.2, 0.25) is 5.91 Å². The monoisotopic (exact) mass is 523 g/mol. The summed E-state index contributed by atoms with van der Waals surface area (Å²) in [5.74, 6) is -2.10. The Morgan fingerprint density at radius 2 is 1.55 bits per heavy atom. The highest BCUT2D eigenvalue weighted by atomic mass is 19.1. The first kappa shape index (κ1) is 28.9. The van der Waals surface area contributed by atoms with Crippen LogP contribution in [-0.4, -0.2) is 35.6 Å². The molecule has 0 heterocycles. The van der Waals surface area contributed by atoms with Gasteiger partial charge in [0.05, 0.1) is 12.1 Å². The first-order valence-electron chi connectivity index (χ1n) is 12.7. The molecule has 38 heavy (non-hydrogen) atoms. The summed E-state index contributed by atoms with van der Waals surface area (Å²) in [6.45, 7) is 7.66. The fraction of sp³-hybridized carbons (Fsp3) is 0.333. The second-order valence-electron chi connectivity index (χ2n) is 9.60. The number of anilines is 1. The fourth-order valence-electron chi connectivity index (χ4n) is 4.57. The van der Waals surface area contributed by atoms with Crippen LogP contribution in [-0.2, 0) is 24.2 Å². The quantitative estimate of drug-likeness (QED) is 0.296. The van der Waals surface area contributed by atoms with Crippen LogP contribution in [0.15, 0.2) is 54.6 Å². The third kappa shape index (κ3) is 8.19. The van der Waals surface area contributed by atoms with E-state index in [1.54, 1.807) is 26.0 Å². The maximum atomic E-state index is 13.9. The lowest BCUT2D eigenvalue weighted by Gasteiger charge is -2.26. The molecule has 0 aliphatic heterocycles. The van der Waals surface area contributed by atoms with Gasteiger partial charge in [-0.15, -0.1) is 0 Å². The average Bonchev–Trinajstić information content (AvgIpc) is 2.82. The SMILES string of the molecule is CCc1cccc(CNCC(O)C(Cc2cc(F)cc(F)c2)NC(=O)c2c(C)cc(NC(C)=O)cc2C)c1. The number of benzene rings is 3. The summed E-state index contributed by atoms with van der Waals surface area (Å²) in [6.07, 6.45) is -0.102. The van der Waals surface area contributed by atoms with Gasteiger partial charge in [-0.1, -0.05) is 31.2 Å². The van der Waals surface area contributed by atoms with Crippen LogP contribution in [0.25, 0.3) is 0 Å². The van der Waals surface area contributed by atoms with Crippen LogP contribution in [0.2, 0.25) is 0 Å². The Bertz CT molecular complexity index is 1250. The number of hydrogen-bond donors (Lipinski definition) is 4. The van der Waals surface area contributed by atoms with E-state index in [1.165, 1.54) is 24.6 Å². The van der Waals surface area contributed by atoms with Crippen LogP contribution < -0.4 is 16.0 Å². The van der Waals surface area contributed by atoms with Gasteiger partial charge in [0.1, 0.15) is 11.6 Å². The summed E-state index contributed by atoms with van der Waals surface area (Å²) >= 11 is 0. The topological polar surface area (TPSA) is 90.5 Å². The Morgan fingerprint density at radius 3 is 2.16 bits per heavy atom. The minimum atomic E-state index is -1.04. The van der Waals surface area contributed by atoms with Gasteiger partial charge in [-0.25, -0.2) is 8.78 Å². The van der Waals surface area contributed by atoms with E-state index < -0.39 is 29.7 Å². The number of carbonyl (C=O) groups is 2. The summed E-state index contributed by atoms with van der Waals surface area (Å²) in [5, 5.41) is 19.8. The first-order valence-corrected chi connectivity index (χ1v) is 12.7. The second kappa shape index (κ2) is 13.3. The van der Waals surface area contributed by atoms with Crippen molar-refractivity contribution in [2.24, 2.45) is 0 Å². The Balaban J connectivity index is 1.78. The zero-order valence-electron chi connectivity index (χ0n) is 22.2. The molecule has 0 saturated heterocycles. The van der Waals surface area contributed by atoms with Crippen molar-refractivity contribution in [2.45, 2.75) is 59.2 Å². The maximum absolute atomic E-state index is 13.9. The van der Waals surface area contributed by atoms with E-state index in [0.717, 1.165) is 18.1 Å². The van der Waals surface area contributed by atoms with Crippen molar-refractivity contribution in [3.05, 3.63) is 99.6 Å². The molecular formula is C30H35F2N3O3. The van der Waals surface area contributed by atoms with E-state index in [4.69, 9.17) is 0 Å². The van der Waals surface area contributed by atoms with Crippen LogP contribution >= 0.6 is 0 Å². The number of hydrogen-bond acceptors (Lipinski definition) is 4. The third-order valence-corrected chi connectivity index (χ3v) is 6.32. The summed E-state index contributed by atoms with van der Waals surface area (Å²) in [7, 11) is 0. The summed E-state index contributed by atoms with van der Waals surface area (Å²) in [4.78, 5) is 24.8. The lowest BCUT2D eigenvalue weighted by atomic mass is 9.97. The first-order chi connectivity index (χ1) is 18.0. The largest absolute Gasteiger partial charge is 0.390 e. The summed E-state index contributed by atoms with van der Waals surface area (Å²) in [6, 6.07) is 13.8. The molecule has 2 unspecified atom stereocenters. The van der Waals surface area contributed by atoms with Crippen molar-refractivity contribution in [3.63, 3.8) is 0 Å². The molecule has 0 bridgehead atoms. The van der Waals surface area contributed by atoms with Gasteiger partial charge < -0.3 is 21.1 Å². The van der Waals surface area contributed by atoms with Crippen LogP contribution in [0.4, 0.5) is 14.5 Å². The Kier molecular flexibility index (Phi) is 10.1. The van der Waals surface area contributed by atoms with Crippen LogP contribution in [0.3, 0.4) is 0 Å². The van der Waals surface area contributed by atoms with Gasteiger partial charge in [0.25, 0.3) is 5.91 Å². The molecule has 0 aromatic heterocycles. The number of aliphatic hydroxyl groups is 1. The minimum absolute atomic E-state index is 0.0245. The second-order valence-corrected chi connectivity index (χ2v) is 9.60. The predicted octanol–water partition coefficient (Wildman–Crippen LogP) is 4.59. The molecule has 2 amide bonds. The van der Waals surface area contributed by atoms with Gasteiger partial charge in [-0.2, -0.15) is 0 Å². The number of amides is 2. The summed E-state index contributed by atoms with van der Waals surface area (Å²) < 4.78 is 27.7. The van der Waals surface area contributed by atoms with Crippen molar-refractivity contribution >= 4 is 17.5 Å². The normalized spacial score (nSPS) is 12.6. The number of carbonyl (C=O) groups excluding carboxylic acids is 2. The van der Waals surface area contributed by atoms with E-state index in [1.807, 2.05) is 12.1 Å². The lowest BCUT2D eigenvalue weighted by Crippen LogP contribution is -2.49. The highest BCUT2D eigenvalue weighted by molar-refractivity contribution is 5.98. The lowest BCUT2D eigenvalue weighted by molar-refractivity contribution is -0.114. The molecule has 0 fully saturated rings. The number of aryl methyl sites for hydroxylation is 3. The molecule has 0 aliphatic rings. The molecule has 0 spiro atoms. The molecule has 2 atom stereocenters. The van der Waals surface area contributed by atoms with Gasteiger partial charge in [0, 0.05) is 37.3 Å². The average molecular weight is 524 g/mol. The van der Waals surface area contributed by atoms with Crippen molar-refractivity contribution < 1.29 is 23.5 Å². The molecule has 3 aromatic rings. The smallest absolute Gasteiger partial charge is 0.252 e. The van der Waals surface area contributed by atoms with Gasteiger partial charge >= 0.3 is 0 Å². The van der Waals surface area contributed by atoms with Crippen LogP contribution in [0, 0.1) is 25.5 Å². The standard InChI is InChI=1S/C30H35F2N3O3/c1-5-21-7-6-8-22(11-21)16-33-17-28(37)27(14-23-12-24(31)15-25(32)13-23)35-30(38)29-18(2)9-26(10-19(29)3)34-20(4)36/h6-13,15,27-28,33,37H,5,14,16-17H2,1-4H3,(H,34,36)(H,35,38). The van der Waals surface area contributed by atoms with E-state index in [0.29, 0.717) is 34.5 Å². The van der Waals surface area contributed by atoms with Crippen molar-refractivity contribution in [1.82, 2.24) is 10.6 Å². The summed E-state index contributed by atoms with van der Waals surface area (Å²) in [5.41, 5.74) is 4.86. The van der Waals surface area contributed by atoms with Gasteiger partial charge in [-0.05, 0) is 78.8 Å². The molecule has 0 aliphatic carbocycles. The Hall–Kier alpha value is -3.62. The van der Waals surface area contributed by atoms with Gasteiger partial charge in [-0.3, -0.25) is 9.59 Å². The van der Waals surface area contributed by atoms with E-state index >= 15 is 0 Å². The predicted molar refractivity (Wildman–Crippen MR) is 145 cm³/mol. The number of rotatable bonds is 11. The molecule has 3 aromatic carbocycles. The Morgan fingerprint density at radius 1 is 0.921 bits per heavy atom. The highest BCUT2D eigenvalue weighted by Crippen LogP contribution is 2.21. The minimum Gasteiger partial charge on any atom is -0.390 e. The zero-order valence-corrected chi connectivity index (χ0v) is 22.2. The fourth-order valence-corrected chi connectivity index (χ4v) is 4.57. The zero-order chi connectivity index (χ0) is 27.8. The van der Waals surface area contributed by atoms with E-state index in [2.05, 4.69) is 35.0 Å². The van der Waals surface area contributed by atoms with Crippen molar-refractivity contribution in [3.8, 4) is 0 Å². The molecule has 6 nitrogen and oxygen atoms in total. The number of aliphatic hydroxyl groups excluding tert-OH is 1. The molecule has 8 heteroatoms. The molecule has 3 rings (SSSR count). The molecule has 0 radical (unpaired) electrons. The third-order valence-electron chi connectivity index (χ3n) is 6.32. The molecule has 4 N–H and O–H groups in total. The molecular weight excluding hydrogens is 488 g/mol. The molecule has 202 valence electrons. The maximum Gasteiger partial charge on any atom is 0.252 e. The Labute approximate surface area is 222 Å². The van der Waals surface area contributed by atoms with Crippen LogP contribution in [0.1, 0.15) is 52.0 Å². The van der Waals surface area contributed by atoms with E-state index in [-0.39, 0.29) is 18.9 Å². The van der Waals surface area contributed by atoms with E-state index in [9.17, 15) is 23.5 Å². The highest BCUT2D eigenvalue weighted by Gasteiger charge is 2.24. The van der Waals surface area contributed by atoms with Crippen molar-refractivity contribution in [2.75, 3.05) is 11.9 Å². The van der Waals surface area contributed by atoms with Crippen molar-refractivity contribution in [1.29, 1.82) is 0 Å². The number of halogens is 2. The number of nitrogens with one attached hydrogen (secondary N) is 3.